The van der Waals surface area contributed by atoms with E-state index in [9.17, 15) is 0 Å². The van der Waals surface area contributed by atoms with E-state index in [4.69, 9.17) is 24.7 Å². The predicted molar refractivity (Wildman–Crippen MR) is 534 cm³/mol. The van der Waals surface area contributed by atoms with Crippen LogP contribution < -0.4 is 20.7 Å². The van der Waals surface area contributed by atoms with Crippen molar-refractivity contribution in [2.24, 2.45) is 0 Å². The monoisotopic (exact) mass is 1720 g/mol. The predicted octanol–water partition coefficient (Wildman–Crippen LogP) is 32.1. The van der Waals surface area contributed by atoms with Crippen LogP contribution in [0.5, 0.6) is 0 Å². The first-order valence-corrected chi connectivity index (χ1v) is 82.7. The topological polar surface area (TPSA) is 55.4 Å². The number of unbranched alkanes of at least 4 members (excludes halogenated alkanes) is 26. The number of hydrogen-bond acceptors (Lipinski definition) is 6. The summed E-state index contributed by atoms with van der Waals surface area (Å²) >= 11 is 0. The Kier molecular flexibility index (Phi) is 63.5. The molecule has 0 N–H and O–H groups in total. The SMILES string of the molecule is C=C.CCCCCCCCCCC[Si](C)(C)O[Si](C)(C)CCCCCCC.CCCCCCCCCCC[Si](C)(C)c1ccc([Si](C)(C)CCCCCCC)cc1.CCCC[Si](C)(C)O[Si](C)(C)CCC.CCCC[Si](C)(C)c1ccc([Si](C)(C)CCC)cc1.CCC[Si]1(C)O[Si](C)(C)O[Si](C)(CC)O[Si](C)(C)O1. The standard InChI is InChI=1S/C28H54Si2.C22H50OSi2.C17H32Si2.C11H30O4Si4.C11H28OSi2.C2H4/c1-7-9-11-13-14-15-16-18-20-26-30(5,6)28-23-21-27(22-24-28)29(3,4)25-19-17-12-10-8-2;1-7-9-11-13-14-15-16-18-20-22-25(5,6)23-24(3,4)21-19-17-12-10-8-2;1-7-9-15-19(5,6)17-12-10-16(11-13-17)18(3,4)14-8-2;1-9-11-19(8)14-16(3,4)12-18(7,10-2)13-17(5,6)15-19;1-7-9-11-14(5,6)12-13(3,4)10-8-2;1-2/h21-24H,7-20,25-26H2,1-6H3;7-22H2,1-6H3;10-13H,7-9,14-15H2,1-6H3;9-11H2,1-8H3;7-11H2,1-6H3;1-2H2. The minimum atomic E-state index is -2.17. The van der Waals surface area contributed by atoms with Crippen LogP contribution in [0.2, 0.25) is 204 Å². The highest BCUT2D eigenvalue weighted by molar-refractivity contribution is 6.94. The van der Waals surface area contributed by atoms with Gasteiger partial charge in [-0.05, 0) is 128 Å². The van der Waals surface area contributed by atoms with Crippen molar-refractivity contribution in [1.29, 1.82) is 0 Å². The summed E-state index contributed by atoms with van der Waals surface area (Å²) in [5, 5.41) is 6.64. The number of benzene rings is 2. The van der Waals surface area contributed by atoms with Crippen molar-refractivity contribution in [3.8, 4) is 0 Å². The molecule has 1 fully saturated rings. The summed E-state index contributed by atoms with van der Waals surface area (Å²) in [5.74, 6) is 0. The van der Waals surface area contributed by atoms with Crippen molar-refractivity contribution in [2.45, 2.75) is 498 Å². The lowest BCUT2D eigenvalue weighted by Gasteiger charge is -2.48. The van der Waals surface area contributed by atoms with Crippen molar-refractivity contribution in [2.75, 3.05) is 0 Å². The Morgan fingerprint density at radius 2 is 0.440 bits per heavy atom. The normalized spacial score (nSPS) is 17.0. The maximum atomic E-state index is 6.78. The van der Waals surface area contributed by atoms with E-state index < -0.39 is 99.8 Å². The molecule has 0 bridgehead atoms. The lowest BCUT2D eigenvalue weighted by Crippen LogP contribution is -2.65. The van der Waals surface area contributed by atoms with Gasteiger partial charge in [0.15, 0.2) is 33.3 Å². The Morgan fingerprint density at radius 3 is 0.688 bits per heavy atom. The smallest absolute Gasteiger partial charge is 0.317 e. The molecule has 0 amide bonds. The lowest BCUT2D eigenvalue weighted by atomic mass is 10.1. The average Bonchev–Trinajstić information content (AvgIpc) is 0.797. The highest BCUT2D eigenvalue weighted by Crippen LogP contribution is 2.35. The first-order chi connectivity index (χ1) is 50.8. The molecule has 1 saturated heterocycles. The van der Waals surface area contributed by atoms with Gasteiger partial charge in [-0.3, -0.25) is 0 Å². The van der Waals surface area contributed by atoms with Crippen LogP contribution in [-0.4, -0.2) is 99.8 Å². The third-order valence-corrected chi connectivity index (χ3v) is 69.6. The molecule has 1 aliphatic rings. The molecule has 646 valence electrons. The molecule has 1 heterocycles. The van der Waals surface area contributed by atoms with E-state index >= 15 is 0 Å². The van der Waals surface area contributed by atoms with Crippen LogP contribution in [0.25, 0.3) is 0 Å². The molecule has 0 aromatic heterocycles. The second-order valence-corrected chi connectivity index (χ2v) is 91.4. The fourth-order valence-corrected chi connectivity index (χ4v) is 66.5. The molecule has 0 saturated carbocycles. The summed E-state index contributed by atoms with van der Waals surface area (Å²) in [7, 11) is -19.1. The fourth-order valence-electron chi connectivity index (χ4n) is 16.4. The van der Waals surface area contributed by atoms with Gasteiger partial charge < -0.3 is 24.7 Å². The minimum Gasteiger partial charge on any atom is -0.455 e. The number of rotatable bonds is 53. The van der Waals surface area contributed by atoms with Crippen LogP contribution in [-0.2, 0) is 24.7 Å². The van der Waals surface area contributed by atoms with Crippen LogP contribution in [0.4, 0.5) is 0 Å². The average molecular weight is 1730 g/mol. The zero-order valence-corrected chi connectivity index (χ0v) is 92.3. The van der Waals surface area contributed by atoms with Crippen molar-refractivity contribution in [3.05, 3.63) is 61.7 Å². The lowest BCUT2D eigenvalue weighted by molar-refractivity contribution is 0.231. The molecule has 0 unspecified atom stereocenters. The van der Waals surface area contributed by atoms with Crippen LogP contribution in [0, 0.1) is 0 Å². The van der Waals surface area contributed by atoms with Gasteiger partial charge in [0.25, 0.3) is 0 Å². The molecular formula is C91H198O6Si12. The second kappa shape index (κ2) is 60.9. The molecule has 1 aliphatic heterocycles. The molecule has 3 rings (SSSR count). The van der Waals surface area contributed by atoms with Crippen LogP contribution in [0.3, 0.4) is 0 Å². The zero-order valence-electron chi connectivity index (χ0n) is 80.3. The molecule has 18 heteroatoms. The molecule has 0 aliphatic carbocycles. The molecular weight excluding hydrogens is 1530 g/mol. The molecule has 0 radical (unpaired) electrons. The summed E-state index contributed by atoms with van der Waals surface area (Å²) in [6.45, 7) is 81.2. The fraction of sp³-hybridized carbons (Fsp3) is 0.846. The van der Waals surface area contributed by atoms with Gasteiger partial charge in [-0.1, -0.05) is 440 Å². The molecule has 2 aromatic rings. The Balaban J connectivity index is -0.00000131. The van der Waals surface area contributed by atoms with E-state index in [2.05, 4.69) is 275 Å². The first-order valence-electron chi connectivity index (χ1n) is 46.7. The molecule has 2 aromatic carbocycles. The molecule has 0 spiro atoms. The van der Waals surface area contributed by atoms with Gasteiger partial charge in [0.1, 0.15) is 0 Å². The van der Waals surface area contributed by atoms with Crippen molar-refractivity contribution >= 4 is 121 Å². The zero-order chi connectivity index (χ0) is 84.0. The summed E-state index contributed by atoms with van der Waals surface area (Å²) in [6.07, 6.45) is 48.8. The van der Waals surface area contributed by atoms with E-state index in [0.29, 0.717) is 0 Å². The molecule has 0 atom stereocenters. The van der Waals surface area contributed by atoms with Crippen molar-refractivity contribution in [3.63, 3.8) is 0 Å². The second-order valence-electron chi connectivity index (χ2n) is 39.7. The highest BCUT2D eigenvalue weighted by Gasteiger charge is 2.53. The van der Waals surface area contributed by atoms with Crippen molar-refractivity contribution < 1.29 is 24.7 Å². The van der Waals surface area contributed by atoms with Gasteiger partial charge in [0.2, 0.25) is 0 Å². The quantitative estimate of drug-likeness (QED) is 0.0374. The highest BCUT2D eigenvalue weighted by atomic mass is 28.5. The van der Waals surface area contributed by atoms with E-state index in [1.54, 1.807) is 20.7 Å². The summed E-state index contributed by atoms with van der Waals surface area (Å²) in [4.78, 5) is 0. The van der Waals surface area contributed by atoms with Gasteiger partial charge in [0, 0.05) is 0 Å². The van der Waals surface area contributed by atoms with Gasteiger partial charge in [-0.25, -0.2) is 0 Å². The van der Waals surface area contributed by atoms with Gasteiger partial charge in [0.05, 0.1) is 32.3 Å². The largest absolute Gasteiger partial charge is 0.455 e. The first kappa shape index (κ1) is 114. The van der Waals surface area contributed by atoms with Crippen LogP contribution >= 0.6 is 0 Å². The van der Waals surface area contributed by atoms with Crippen LogP contribution in [0.15, 0.2) is 61.7 Å². The van der Waals surface area contributed by atoms with Gasteiger partial charge in [-0.15, -0.1) is 13.2 Å². The van der Waals surface area contributed by atoms with E-state index in [-0.39, 0.29) is 0 Å². The maximum absolute atomic E-state index is 6.78. The third-order valence-electron chi connectivity index (χ3n) is 22.8. The van der Waals surface area contributed by atoms with E-state index in [1.165, 1.54) is 267 Å². The summed E-state index contributed by atoms with van der Waals surface area (Å²) < 4.78 is 39.0. The summed E-state index contributed by atoms with van der Waals surface area (Å²) in [5.41, 5.74) is 0. The van der Waals surface area contributed by atoms with E-state index in [1.807, 2.05) is 0 Å². The molecule has 109 heavy (non-hydrogen) atoms. The Hall–Kier alpha value is 0.543. The Morgan fingerprint density at radius 1 is 0.239 bits per heavy atom. The maximum Gasteiger partial charge on any atom is 0.317 e. The third kappa shape index (κ3) is 58.2. The Labute approximate surface area is 699 Å². The minimum absolute atomic E-state index is 0.943. The van der Waals surface area contributed by atoms with E-state index in [0.717, 1.165) is 18.5 Å². The van der Waals surface area contributed by atoms with Gasteiger partial charge in [-0.2, -0.15) is 0 Å². The van der Waals surface area contributed by atoms with Crippen molar-refractivity contribution in [1.82, 2.24) is 0 Å². The number of hydrogen-bond donors (Lipinski definition) is 0. The summed E-state index contributed by atoms with van der Waals surface area (Å²) in [6, 6.07) is 32.9. The van der Waals surface area contributed by atoms with Crippen LogP contribution in [0.1, 0.15) is 294 Å². The van der Waals surface area contributed by atoms with Gasteiger partial charge >= 0.3 is 34.2 Å². The molecule has 6 nitrogen and oxygen atoms in total. The Bertz CT molecular complexity index is 2430.